The average molecular weight is 229 g/mol. The third-order valence-electron chi connectivity index (χ3n) is 2.45. The van der Waals surface area contributed by atoms with Crippen LogP contribution in [0.2, 0.25) is 0 Å². The summed E-state index contributed by atoms with van der Waals surface area (Å²) >= 11 is 0. The third kappa shape index (κ3) is 2.41. The summed E-state index contributed by atoms with van der Waals surface area (Å²) in [6.45, 7) is 6.04. The lowest BCUT2D eigenvalue weighted by Gasteiger charge is -2.17. The molecular formula is C13H15N3O. The molecule has 17 heavy (non-hydrogen) atoms. The fraction of sp³-hybridized carbons (Fsp3) is 0.308. The molecule has 1 heterocycles. The van der Waals surface area contributed by atoms with Gasteiger partial charge < -0.3 is 0 Å². The van der Waals surface area contributed by atoms with E-state index in [0.29, 0.717) is 11.3 Å². The monoisotopic (exact) mass is 229 g/mol. The highest BCUT2D eigenvalue weighted by Crippen LogP contribution is 2.13. The second-order valence-corrected chi connectivity index (χ2v) is 4.91. The Hall–Kier alpha value is -1.97. The molecular weight excluding hydrogens is 214 g/mol. The van der Waals surface area contributed by atoms with Crippen molar-refractivity contribution >= 4 is 5.78 Å². The van der Waals surface area contributed by atoms with Gasteiger partial charge in [-0.25, -0.2) is 4.68 Å². The van der Waals surface area contributed by atoms with E-state index >= 15 is 0 Å². The highest BCUT2D eigenvalue weighted by Gasteiger charge is 2.18. The van der Waals surface area contributed by atoms with Crippen LogP contribution < -0.4 is 0 Å². The van der Waals surface area contributed by atoms with Crippen LogP contribution in [-0.4, -0.2) is 20.8 Å². The van der Waals surface area contributed by atoms with Crippen LogP contribution >= 0.6 is 0 Å². The summed E-state index contributed by atoms with van der Waals surface area (Å²) < 4.78 is 1.70. The largest absolute Gasteiger partial charge is 0.287 e. The van der Waals surface area contributed by atoms with Crippen molar-refractivity contribution in [3.8, 4) is 0 Å². The fourth-order valence-corrected chi connectivity index (χ4v) is 1.43. The van der Waals surface area contributed by atoms with Crippen LogP contribution in [0.4, 0.5) is 0 Å². The molecule has 0 radical (unpaired) electrons. The van der Waals surface area contributed by atoms with Crippen LogP contribution in [0.1, 0.15) is 36.8 Å². The Bertz CT molecular complexity index is 523. The normalized spacial score (nSPS) is 11.5. The molecule has 0 aliphatic carbocycles. The van der Waals surface area contributed by atoms with E-state index in [1.807, 2.05) is 39.0 Å². The summed E-state index contributed by atoms with van der Waals surface area (Å²) in [6.07, 6.45) is 1.69. The summed E-state index contributed by atoms with van der Waals surface area (Å²) in [4.78, 5) is 12.1. The Kier molecular flexibility index (Phi) is 2.79. The number of ketones is 1. The predicted octanol–water partition coefficient (Wildman–Crippen LogP) is 2.26. The van der Waals surface area contributed by atoms with E-state index < -0.39 is 0 Å². The predicted molar refractivity (Wildman–Crippen MR) is 64.9 cm³/mol. The van der Waals surface area contributed by atoms with E-state index in [1.165, 1.54) is 0 Å². The molecule has 4 heteroatoms. The Morgan fingerprint density at radius 1 is 1.18 bits per heavy atom. The summed E-state index contributed by atoms with van der Waals surface area (Å²) in [6, 6.07) is 9.10. The van der Waals surface area contributed by atoms with Crippen molar-refractivity contribution in [2.45, 2.75) is 26.3 Å². The van der Waals surface area contributed by atoms with E-state index in [0.717, 1.165) is 0 Å². The van der Waals surface area contributed by atoms with E-state index in [2.05, 4.69) is 10.3 Å². The second-order valence-electron chi connectivity index (χ2n) is 4.91. The maximum absolute atomic E-state index is 12.1. The molecule has 0 fully saturated rings. The molecule has 0 saturated heterocycles. The van der Waals surface area contributed by atoms with Crippen molar-refractivity contribution in [2.24, 2.45) is 0 Å². The van der Waals surface area contributed by atoms with Gasteiger partial charge >= 0.3 is 0 Å². The zero-order valence-electron chi connectivity index (χ0n) is 10.2. The quantitative estimate of drug-likeness (QED) is 0.742. The van der Waals surface area contributed by atoms with Gasteiger partial charge in [0.25, 0.3) is 0 Å². The molecule has 0 spiro atoms. The maximum Gasteiger partial charge on any atom is 0.214 e. The standard InChI is InChI=1S/C13H15N3O/c1-13(2,3)16-9-11(14-15-16)12(17)10-7-5-4-6-8-10/h4-9H,1-3H3. The fourth-order valence-electron chi connectivity index (χ4n) is 1.43. The van der Waals surface area contributed by atoms with Gasteiger partial charge in [0.15, 0.2) is 5.69 Å². The van der Waals surface area contributed by atoms with Crippen LogP contribution in [0.15, 0.2) is 36.5 Å². The van der Waals surface area contributed by atoms with Crippen molar-refractivity contribution in [2.75, 3.05) is 0 Å². The number of hydrogen-bond donors (Lipinski definition) is 0. The van der Waals surface area contributed by atoms with Crippen molar-refractivity contribution < 1.29 is 4.79 Å². The molecule has 4 nitrogen and oxygen atoms in total. The maximum atomic E-state index is 12.1. The van der Waals surface area contributed by atoms with Gasteiger partial charge in [-0.05, 0) is 20.8 Å². The second kappa shape index (κ2) is 4.13. The topological polar surface area (TPSA) is 47.8 Å². The van der Waals surface area contributed by atoms with Crippen LogP contribution in [0.3, 0.4) is 0 Å². The zero-order chi connectivity index (χ0) is 12.5. The van der Waals surface area contributed by atoms with Crippen LogP contribution in [0.25, 0.3) is 0 Å². The van der Waals surface area contributed by atoms with Gasteiger partial charge in [0.2, 0.25) is 5.78 Å². The Balaban J connectivity index is 2.30. The molecule has 2 aromatic rings. The number of hydrogen-bond acceptors (Lipinski definition) is 3. The lowest BCUT2D eigenvalue weighted by atomic mass is 10.1. The number of nitrogens with zero attached hydrogens (tertiary/aromatic N) is 3. The summed E-state index contributed by atoms with van der Waals surface area (Å²) in [5.41, 5.74) is 0.849. The first-order valence-electron chi connectivity index (χ1n) is 5.51. The van der Waals surface area contributed by atoms with Gasteiger partial charge in [0, 0.05) is 5.56 Å². The van der Waals surface area contributed by atoms with E-state index in [9.17, 15) is 4.79 Å². The van der Waals surface area contributed by atoms with Gasteiger partial charge in [-0.15, -0.1) is 5.10 Å². The average Bonchev–Trinajstić information content (AvgIpc) is 2.78. The molecule has 88 valence electrons. The van der Waals surface area contributed by atoms with E-state index in [4.69, 9.17) is 0 Å². The molecule has 0 bridgehead atoms. The zero-order valence-corrected chi connectivity index (χ0v) is 10.2. The molecule has 0 saturated carbocycles. The Morgan fingerprint density at radius 3 is 2.35 bits per heavy atom. The van der Waals surface area contributed by atoms with Gasteiger partial charge in [0.05, 0.1) is 11.7 Å². The first kappa shape index (κ1) is 11.5. The smallest absolute Gasteiger partial charge is 0.214 e. The van der Waals surface area contributed by atoms with Crippen molar-refractivity contribution in [3.05, 3.63) is 47.8 Å². The van der Waals surface area contributed by atoms with Gasteiger partial charge in [-0.1, -0.05) is 35.5 Å². The lowest BCUT2D eigenvalue weighted by Crippen LogP contribution is -2.22. The number of benzene rings is 1. The molecule has 0 aliphatic rings. The minimum Gasteiger partial charge on any atom is -0.287 e. The minimum absolute atomic E-state index is 0.0962. The minimum atomic E-state index is -0.164. The molecule has 0 amide bonds. The van der Waals surface area contributed by atoms with Crippen molar-refractivity contribution in [3.63, 3.8) is 0 Å². The molecule has 0 N–H and O–H groups in total. The number of rotatable bonds is 2. The molecule has 1 aromatic carbocycles. The molecule has 0 aliphatic heterocycles. The van der Waals surface area contributed by atoms with Crippen LogP contribution in [0.5, 0.6) is 0 Å². The number of carbonyl (C=O) groups is 1. The van der Waals surface area contributed by atoms with Gasteiger partial charge in [-0.2, -0.15) is 0 Å². The molecule has 0 atom stereocenters. The van der Waals surface area contributed by atoms with Crippen LogP contribution in [0, 0.1) is 0 Å². The van der Waals surface area contributed by atoms with Gasteiger partial charge in [0.1, 0.15) is 0 Å². The molecule has 2 rings (SSSR count). The first-order valence-corrected chi connectivity index (χ1v) is 5.51. The third-order valence-corrected chi connectivity index (χ3v) is 2.45. The number of carbonyl (C=O) groups excluding carboxylic acids is 1. The Morgan fingerprint density at radius 2 is 1.82 bits per heavy atom. The highest BCUT2D eigenvalue weighted by atomic mass is 16.1. The lowest BCUT2D eigenvalue weighted by molar-refractivity contribution is 0.103. The van der Waals surface area contributed by atoms with Gasteiger partial charge in [-0.3, -0.25) is 4.79 Å². The summed E-state index contributed by atoms with van der Waals surface area (Å²) in [5, 5.41) is 7.90. The van der Waals surface area contributed by atoms with Crippen molar-refractivity contribution in [1.29, 1.82) is 0 Å². The SMILES string of the molecule is CC(C)(C)n1cc(C(=O)c2ccccc2)nn1. The van der Waals surface area contributed by atoms with Crippen LogP contribution in [-0.2, 0) is 5.54 Å². The van der Waals surface area contributed by atoms with Crippen molar-refractivity contribution in [1.82, 2.24) is 15.0 Å². The molecule has 1 aromatic heterocycles. The first-order chi connectivity index (χ1) is 7.98. The van der Waals surface area contributed by atoms with E-state index in [1.54, 1.807) is 23.0 Å². The summed E-state index contributed by atoms with van der Waals surface area (Å²) in [7, 11) is 0. The Labute approximate surface area is 100 Å². The summed E-state index contributed by atoms with van der Waals surface area (Å²) in [5.74, 6) is -0.0962. The highest BCUT2D eigenvalue weighted by molar-refractivity contribution is 6.07. The number of aromatic nitrogens is 3. The molecule has 0 unspecified atom stereocenters. The van der Waals surface area contributed by atoms with E-state index in [-0.39, 0.29) is 11.3 Å².